The number of aliphatic imine (C=N–C) groups is 1. The number of guanidine groups is 1. The quantitative estimate of drug-likeness (QED) is 0.633. The van der Waals surface area contributed by atoms with Crippen LogP contribution in [0.1, 0.15) is 17.4 Å². The number of methoxy groups -OCH3 is 1. The van der Waals surface area contributed by atoms with E-state index in [0.29, 0.717) is 13.1 Å². The van der Waals surface area contributed by atoms with E-state index in [4.69, 9.17) is 4.74 Å². The van der Waals surface area contributed by atoms with Crippen LogP contribution in [0.2, 0.25) is 0 Å². The predicted octanol–water partition coefficient (Wildman–Crippen LogP) is 2.13. The third-order valence-corrected chi connectivity index (χ3v) is 3.30. The normalized spacial score (nSPS) is 12.7. The third kappa shape index (κ3) is 4.86. The van der Waals surface area contributed by atoms with Crippen LogP contribution in [-0.2, 0) is 11.3 Å². The molecule has 0 bridgehead atoms. The highest BCUT2D eigenvalue weighted by atomic mass is 16.5. The second-order valence-corrected chi connectivity index (χ2v) is 4.76. The molecule has 0 amide bonds. The lowest BCUT2D eigenvalue weighted by atomic mass is 10.1. The number of benzene rings is 1. The standard InChI is InChI=1S/C17H22N4O/c1-18-17(20-12-15-10-6-7-11-19-15)21-13-16(22-2)14-8-4-3-5-9-14/h3-11,16H,12-13H2,1-2H3,(H2,18,20,21). The lowest BCUT2D eigenvalue weighted by Gasteiger charge is -2.18. The second-order valence-electron chi connectivity index (χ2n) is 4.76. The molecule has 1 aromatic heterocycles. The van der Waals surface area contributed by atoms with Crippen LogP contribution < -0.4 is 10.6 Å². The number of pyridine rings is 1. The van der Waals surface area contributed by atoms with E-state index in [1.807, 2.05) is 36.4 Å². The molecule has 1 unspecified atom stereocenters. The molecule has 0 aliphatic heterocycles. The average Bonchev–Trinajstić information content (AvgIpc) is 2.60. The number of rotatable bonds is 6. The fourth-order valence-electron chi connectivity index (χ4n) is 2.09. The van der Waals surface area contributed by atoms with E-state index >= 15 is 0 Å². The van der Waals surface area contributed by atoms with Gasteiger partial charge in [0.2, 0.25) is 0 Å². The van der Waals surface area contributed by atoms with E-state index in [0.717, 1.165) is 17.2 Å². The van der Waals surface area contributed by atoms with Crippen molar-refractivity contribution in [1.82, 2.24) is 15.6 Å². The molecule has 0 radical (unpaired) electrons. The summed E-state index contributed by atoms with van der Waals surface area (Å²) in [6, 6.07) is 16.0. The first kappa shape index (κ1) is 16.0. The monoisotopic (exact) mass is 298 g/mol. The first-order chi connectivity index (χ1) is 10.8. The van der Waals surface area contributed by atoms with Crippen LogP contribution in [-0.4, -0.2) is 31.6 Å². The Morgan fingerprint density at radius 2 is 1.91 bits per heavy atom. The molecule has 1 heterocycles. The maximum atomic E-state index is 5.54. The zero-order valence-electron chi connectivity index (χ0n) is 13.0. The molecule has 0 fully saturated rings. The highest BCUT2D eigenvalue weighted by Gasteiger charge is 2.10. The van der Waals surface area contributed by atoms with Gasteiger partial charge in [-0.15, -0.1) is 0 Å². The maximum Gasteiger partial charge on any atom is 0.191 e. The molecule has 0 saturated carbocycles. The average molecular weight is 298 g/mol. The van der Waals surface area contributed by atoms with Crippen LogP contribution in [0.3, 0.4) is 0 Å². The smallest absolute Gasteiger partial charge is 0.191 e. The number of hydrogen-bond acceptors (Lipinski definition) is 3. The molecule has 22 heavy (non-hydrogen) atoms. The van der Waals surface area contributed by atoms with Gasteiger partial charge in [-0.3, -0.25) is 9.98 Å². The Morgan fingerprint density at radius 1 is 1.14 bits per heavy atom. The number of ether oxygens (including phenoxy) is 1. The molecule has 0 spiro atoms. The molecule has 2 N–H and O–H groups in total. The molecule has 0 aliphatic carbocycles. The Kier molecular flexibility index (Phi) is 6.39. The Balaban J connectivity index is 1.85. The van der Waals surface area contributed by atoms with E-state index < -0.39 is 0 Å². The summed E-state index contributed by atoms with van der Waals surface area (Å²) in [6.45, 7) is 1.27. The van der Waals surface area contributed by atoms with Gasteiger partial charge in [-0.1, -0.05) is 36.4 Å². The van der Waals surface area contributed by atoms with Gasteiger partial charge in [-0.25, -0.2) is 0 Å². The van der Waals surface area contributed by atoms with Crippen molar-refractivity contribution in [3.63, 3.8) is 0 Å². The van der Waals surface area contributed by atoms with Crippen molar-refractivity contribution in [1.29, 1.82) is 0 Å². The lowest BCUT2D eigenvalue weighted by molar-refractivity contribution is 0.106. The van der Waals surface area contributed by atoms with Crippen molar-refractivity contribution in [2.75, 3.05) is 20.7 Å². The molecule has 5 nitrogen and oxygen atoms in total. The summed E-state index contributed by atoms with van der Waals surface area (Å²) < 4.78 is 5.54. The first-order valence-corrected chi connectivity index (χ1v) is 7.25. The number of hydrogen-bond donors (Lipinski definition) is 2. The predicted molar refractivity (Wildman–Crippen MR) is 88.6 cm³/mol. The van der Waals surface area contributed by atoms with Gasteiger partial charge in [-0.2, -0.15) is 0 Å². The first-order valence-electron chi connectivity index (χ1n) is 7.25. The van der Waals surface area contributed by atoms with Gasteiger partial charge in [0.05, 0.1) is 18.3 Å². The summed E-state index contributed by atoms with van der Waals surface area (Å²) in [5.74, 6) is 0.726. The van der Waals surface area contributed by atoms with Crippen molar-refractivity contribution in [3.8, 4) is 0 Å². The van der Waals surface area contributed by atoms with E-state index in [1.54, 1.807) is 20.4 Å². The maximum absolute atomic E-state index is 5.54. The summed E-state index contributed by atoms with van der Waals surface area (Å²) >= 11 is 0. The van der Waals surface area contributed by atoms with E-state index in [9.17, 15) is 0 Å². The van der Waals surface area contributed by atoms with E-state index in [2.05, 4.69) is 32.7 Å². The number of nitrogens with zero attached hydrogens (tertiary/aromatic N) is 2. The lowest BCUT2D eigenvalue weighted by Crippen LogP contribution is -2.39. The Labute approximate surface area is 131 Å². The fourth-order valence-corrected chi connectivity index (χ4v) is 2.09. The molecule has 1 atom stereocenters. The molecular formula is C17H22N4O. The van der Waals surface area contributed by atoms with Crippen LogP contribution in [0.25, 0.3) is 0 Å². The summed E-state index contributed by atoms with van der Waals surface area (Å²) in [4.78, 5) is 8.49. The van der Waals surface area contributed by atoms with Crippen molar-refractivity contribution >= 4 is 5.96 Å². The molecule has 116 valence electrons. The van der Waals surface area contributed by atoms with Crippen LogP contribution in [0, 0.1) is 0 Å². The fraction of sp³-hybridized carbons (Fsp3) is 0.294. The third-order valence-electron chi connectivity index (χ3n) is 3.30. The molecule has 1 aromatic carbocycles. The Morgan fingerprint density at radius 3 is 2.55 bits per heavy atom. The summed E-state index contributed by atoms with van der Waals surface area (Å²) in [7, 11) is 3.46. The van der Waals surface area contributed by atoms with Gasteiger partial charge in [0.1, 0.15) is 0 Å². The van der Waals surface area contributed by atoms with Gasteiger partial charge in [0.15, 0.2) is 5.96 Å². The minimum atomic E-state index is -0.0189. The second kappa shape index (κ2) is 8.79. The molecular weight excluding hydrogens is 276 g/mol. The van der Waals surface area contributed by atoms with E-state index in [1.165, 1.54) is 0 Å². The molecule has 2 aromatic rings. The summed E-state index contributed by atoms with van der Waals surface area (Å²) in [5.41, 5.74) is 2.11. The molecule has 2 rings (SSSR count). The van der Waals surface area contributed by atoms with Crippen LogP contribution >= 0.6 is 0 Å². The van der Waals surface area contributed by atoms with Crippen molar-refractivity contribution in [3.05, 3.63) is 66.0 Å². The SMILES string of the molecule is CN=C(NCc1ccccn1)NCC(OC)c1ccccc1. The molecule has 0 saturated heterocycles. The zero-order valence-corrected chi connectivity index (χ0v) is 13.0. The van der Waals surface area contributed by atoms with Crippen molar-refractivity contribution in [2.24, 2.45) is 4.99 Å². The molecule has 0 aliphatic rings. The summed E-state index contributed by atoms with van der Waals surface area (Å²) in [5, 5.41) is 6.51. The molecule has 5 heteroatoms. The van der Waals surface area contributed by atoms with Gasteiger partial charge in [-0.05, 0) is 17.7 Å². The minimum absolute atomic E-state index is 0.0189. The highest BCUT2D eigenvalue weighted by molar-refractivity contribution is 5.79. The van der Waals surface area contributed by atoms with Gasteiger partial charge in [0, 0.05) is 26.9 Å². The minimum Gasteiger partial charge on any atom is -0.375 e. The van der Waals surface area contributed by atoms with Crippen molar-refractivity contribution < 1.29 is 4.74 Å². The van der Waals surface area contributed by atoms with Crippen LogP contribution in [0.4, 0.5) is 0 Å². The number of aromatic nitrogens is 1. The van der Waals surface area contributed by atoms with Gasteiger partial charge < -0.3 is 15.4 Å². The topological polar surface area (TPSA) is 58.5 Å². The zero-order chi connectivity index (χ0) is 15.6. The van der Waals surface area contributed by atoms with Gasteiger partial charge in [0.25, 0.3) is 0 Å². The highest BCUT2D eigenvalue weighted by Crippen LogP contribution is 2.14. The largest absolute Gasteiger partial charge is 0.375 e. The number of nitrogens with one attached hydrogen (secondary N) is 2. The Hall–Kier alpha value is -2.40. The summed E-state index contributed by atoms with van der Waals surface area (Å²) in [6.07, 6.45) is 1.76. The van der Waals surface area contributed by atoms with Crippen molar-refractivity contribution in [2.45, 2.75) is 12.6 Å². The van der Waals surface area contributed by atoms with E-state index in [-0.39, 0.29) is 6.10 Å². The van der Waals surface area contributed by atoms with Crippen LogP contribution in [0.5, 0.6) is 0 Å². The Bertz CT molecular complexity index is 572. The van der Waals surface area contributed by atoms with Gasteiger partial charge >= 0.3 is 0 Å². The van der Waals surface area contributed by atoms with Crippen LogP contribution in [0.15, 0.2) is 59.7 Å².